The number of alkyl halides is 1. The first-order chi connectivity index (χ1) is 6.26. The molecule has 1 unspecified atom stereocenters. The first kappa shape index (κ1) is 8.51. The lowest BCUT2D eigenvalue weighted by Crippen LogP contribution is -2.36. The predicted octanol–water partition coefficient (Wildman–Crippen LogP) is 2.01. The Morgan fingerprint density at radius 2 is 2.15 bits per heavy atom. The largest absolute Gasteiger partial charge is 0.367 e. The highest BCUT2D eigenvalue weighted by atomic mass is 79.9. The lowest BCUT2D eigenvalue weighted by Gasteiger charge is -2.27. The number of halogens is 1. The van der Waals surface area contributed by atoms with Crippen molar-refractivity contribution in [2.45, 2.75) is 4.45 Å². The molecule has 1 atom stereocenters. The first-order valence-corrected chi connectivity index (χ1v) is 4.74. The van der Waals surface area contributed by atoms with Gasteiger partial charge in [0, 0.05) is 5.56 Å². The van der Waals surface area contributed by atoms with E-state index < -0.39 is 4.45 Å². The van der Waals surface area contributed by atoms with Crippen molar-refractivity contribution in [2.75, 3.05) is 0 Å². The number of carbonyl (C=O) groups is 1. The van der Waals surface area contributed by atoms with Crippen LogP contribution in [-0.2, 0) is 9.24 Å². The molecule has 0 fully saturated rings. The van der Waals surface area contributed by atoms with Gasteiger partial charge in [-0.15, -0.1) is 0 Å². The zero-order chi connectivity index (χ0) is 9.31. The van der Waals surface area contributed by atoms with Crippen LogP contribution in [0.5, 0.6) is 0 Å². The van der Waals surface area contributed by atoms with E-state index in [4.69, 9.17) is 0 Å². The molecule has 1 aliphatic rings. The number of aldehydes is 1. The molecule has 0 aromatic heterocycles. The van der Waals surface area contributed by atoms with Gasteiger partial charge in [-0.1, -0.05) is 24.3 Å². The summed E-state index contributed by atoms with van der Waals surface area (Å²) in [5.41, 5.74) is 2.01. The molecular weight excluding hydrogens is 230 g/mol. The zero-order valence-electron chi connectivity index (χ0n) is 6.83. The smallest absolute Gasteiger partial charge is 0.175 e. The fourth-order valence-electron chi connectivity index (χ4n) is 1.40. The molecule has 0 saturated heterocycles. The van der Waals surface area contributed by atoms with Gasteiger partial charge in [0.15, 0.2) is 10.7 Å². The van der Waals surface area contributed by atoms with E-state index in [1.54, 1.807) is 6.20 Å². The average molecular weight is 238 g/mol. The molecule has 1 aromatic rings. The third kappa shape index (κ3) is 1.29. The predicted molar refractivity (Wildman–Crippen MR) is 55.3 cm³/mol. The third-order valence-corrected chi connectivity index (χ3v) is 2.91. The molecule has 66 valence electrons. The minimum absolute atomic E-state index is 0.752. The monoisotopic (exact) mass is 237 g/mol. The van der Waals surface area contributed by atoms with Crippen LogP contribution in [0.3, 0.4) is 0 Å². The second-order valence-corrected chi connectivity index (χ2v) is 4.15. The van der Waals surface area contributed by atoms with Gasteiger partial charge in [-0.2, -0.15) is 0 Å². The highest BCUT2D eigenvalue weighted by Crippen LogP contribution is 2.32. The van der Waals surface area contributed by atoms with Crippen molar-refractivity contribution in [3.05, 3.63) is 41.6 Å². The molecule has 0 aliphatic carbocycles. The number of fused-ring (bicyclic) bond motifs is 1. The Morgan fingerprint density at radius 1 is 1.38 bits per heavy atom. The topological polar surface area (TPSA) is 29.1 Å². The molecule has 1 aromatic carbocycles. The minimum Gasteiger partial charge on any atom is -0.367 e. The van der Waals surface area contributed by atoms with E-state index in [1.807, 2.05) is 30.3 Å². The number of carbonyl (C=O) groups excluding carboxylic acids is 1. The SMILES string of the molecule is O=CC1(Br)NC=Cc2ccccc21. The maximum Gasteiger partial charge on any atom is 0.175 e. The summed E-state index contributed by atoms with van der Waals surface area (Å²) in [5, 5.41) is 2.97. The molecule has 1 aliphatic heterocycles. The lowest BCUT2D eigenvalue weighted by atomic mass is 9.99. The van der Waals surface area contributed by atoms with Gasteiger partial charge in [0.05, 0.1) is 0 Å². The van der Waals surface area contributed by atoms with E-state index in [0.717, 1.165) is 17.4 Å². The number of nitrogens with one attached hydrogen (secondary N) is 1. The third-order valence-electron chi connectivity index (χ3n) is 2.07. The number of hydrogen-bond donors (Lipinski definition) is 1. The van der Waals surface area contributed by atoms with Crippen molar-refractivity contribution in [1.82, 2.24) is 5.32 Å². The molecule has 0 saturated carbocycles. The molecule has 2 nitrogen and oxygen atoms in total. The molecule has 1 N–H and O–H groups in total. The zero-order valence-corrected chi connectivity index (χ0v) is 8.41. The van der Waals surface area contributed by atoms with Crippen LogP contribution in [0.15, 0.2) is 30.5 Å². The van der Waals surface area contributed by atoms with E-state index in [9.17, 15) is 4.79 Å². The minimum atomic E-state index is -0.752. The quantitative estimate of drug-likeness (QED) is 0.460. The van der Waals surface area contributed by atoms with Crippen LogP contribution in [0.4, 0.5) is 0 Å². The Bertz CT molecular complexity index is 375. The molecule has 13 heavy (non-hydrogen) atoms. The Hall–Kier alpha value is -1.09. The fraction of sp³-hybridized carbons (Fsp3) is 0.100. The fourth-order valence-corrected chi connectivity index (χ4v) is 1.89. The van der Waals surface area contributed by atoms with Crippen LogP contribution in [0.2, 0.25) is 0 Å². The molecular formula is C10H8BrNO. The maximum absolute atomic E-state index is 10.9. The molecule has 1 heterocycles. The van der Waals surface area contributed by atoms with Crippen molar-refractivity contribution >= 4 is 28.3 Å². The standard InChI is InChI=1S/C10H8BrNO/c11-10(7-13)9-4-2-1-3-8(9)5-6-12-10/h1-7,12H. The van der Waals surface area contributed by atoms with Crippen LogP contribution >= 0.6 is 15.9 Å². The molecule has 3 heteroatoms. The summed E-state index contributed by atoms with van der Waals surface area (Å²) < 4.78 is -0.752. The van der Waals surface area contributed by atoms with Crippen molar-refractivity contribution in [1.29, 1.82) is 0 Å². The average Bonchev–Trinajstić information content (AvgIpc) is 2.19. The number of benzene rings is 1. The van der Waals surface area contributed by atoms with Gasteiger partial charge in [0.25, 0.3) is 0 Å². The normalized spacial score (nSPS) is 24.7. The van der Waals surface area contributed by atoms with Gasteiger partial charge < -0.3 is 5.32 Å². The van der Waals surface area contributed by atoms with E-state index in [2.05, 4.69) is 21.2 Å². The molecule has 0 amide bonds. The Morgan fingerprint density at radius 3 is 2.92 bits per heavy atom. The highest BCUT2D eigenvalue weighted by Gasteiger charge is 2.30. The lowest BCUT2D eigenvalue weighted by molar-refractivity contribution is -0.110. The van der Waals surface area contributed by atoms with Gasteiger partial charge in [-0.05, 0) is 33.8 Å². The summed E-state index contributed by atoms with van der Waals surface area (Å²) in [7, 11) is 0. The van der Waals surface area contributed by atoms with Crippen molar-refractivity contribution < 1.29 is 4.79 Å². The summed E-state index contributed by atoms with van der Waals surface area (Å²) >= 11 is 3.36. The van der Waals surface area contributed by atoms with Crippen LogP contribution in [0, 0.1) is 0 Å². The van der Waals surface area contributed by atoms with Crippen LogP contribution in [0.25, 0.3) is 6.08 Å². The van der Waals surface area contributed by atoms with E-state index >= 15 is 0 Å². The summed E-state index contributed by atoms with van der Waals surface area (Å²) in [6, 6.07) is 7.77. The van der Waals surface area contributed by atoms with Gasteiger partial charge in [-0.25, -0.2) is 0 Å². The van der Waals surface area contributed by atoms with Gasteiger partial charge >= 0.3 is 0 Å². The van der Waals surface area contributed by atoms with Crippen LogP contribution < -0.4 is 5.32 Å². The first-order valence-electron chi connectivity index (χ1n) is 3.95. The highest BCUT2D eigenvalue weighted by molar-refractivity contribution is 9.10. The van der Waals surface area contributed by atoms with Crippen molar-refractivity contribution in [3.63, 3.8) is 0 Å². The number of rotatable bonds is 1. The van der Waals surface area contributed by atoms with Gasteiger partial charge in [0.2, 0.25) is 0 Å². The Kier molecular flexibility index (Phi) is 1.96. The summed E-state index contributed by atoms with van der Waals surface area (Å²) in [6.07, 6.45) is 4.57. The van der Waals surface area contributed by atoms with E-state index in [1.165, 1.54) is 0 Å². The van der Waals surface area contributed by atoms with Crippen molar-refractivity contribution in [3.8, 4) is 0 Å². The second kappa shape index (κ2) is 3.00. The van der Waals surface area contributed by atoms with Crippen molar-refractivity contribution in [2.24, 2.45) is 0 Å². The van der Waals surface area contributed by atoms with Gasteiger partial charge in [-0.3, -0.25) is 4.79 Å². The summed E-state index contributed by atoms with van der Waals surface area (Å²) in [6.45, 7) is 0. The molecule has 0 bridgehead atoms. The maximum atomic E-state index is 10.9. The Balaban J connectivity index is 2.61. The van der Waals surface area contributed by atoms with Gasteiger partial charge in [0.1, 0.15) is 0 Å². The molecule has 0 radical (unpaired) electrons. The second-order valence-electron chi connectivity index (χ2n) is 2.89. The van der Waals surface area contributed by atoms with E-state index in [-0.39, 0.29) is 0 Å². The summed E-state index contributed by atoms with van der Waals surface area (Å²) in [4.78, 5) is 10.9. The Labute approximate surface area is 84.8 Å². The molecule has 0 spiro atoms. The molecule has 2 rings (SSSR count). The summed E-state index contributed by atoms with van der Waals surface area (Å²) in [5.74, 6) is 0. The van der Waals surface area contributed by atoms with Crippen LogP contribution in [0.1, 0.15) is 11.1 Å². The van der Waals surface area contributed by atoms with Crippen LogP contribution in [-0.4, -0.2) is 6.29 Å². The number of hydrogen-bond acceptors (Lipinski definition) is 2. The van der Waals surface area contributed by atoms with E-state index in [0.29, 0.717) is 0 Å².